The molecule has 0 bridgehead atoms. The summed E-state index contributed by atoms with van der Waals surface area (Å²) >= 11 is 0. The van der Waals surface area contributed by atoms with Gasteiger partial charge in [0.1, 0.15) is 23.6 Å². The number of aliphatic hydroxyl groups excluding tert-OH is 1. The first-order valence-electron chi connectivity index (χ1n) is 9.82. The van der Waals surface area contributed by atoms with Crippen LogP contribution >= 0.6 is 0 Å². The third-order valence-electron chi connectivity index (χ3n) is 5.24. The van der Waals surface area contributed by atoms with Crippen molar-refractivity contribution in [1.29, 1.82) is 0 Å². The molecule has 0 radical (unpaired) electrons. The molecule has 1 atom stereocenters. The first-order chi connectivity index (χ1) is 14.9. The fourth-order valence-electron chi connectivity index (χ4n) is 3.70. The lowest BCUT2D eigenvalue weighted by molar-refractivity contribution is -0.124. The molecule has 1 amide bonds. The maximum Gasteiger partial charge on any atom is 0.257 e. The number of aryl methyl sites for hydroxylation is 2. The van der Waals surface area contributed by atoms with Crippen molar-refractivity contribution in [3.63, 3.8) is 0 Å². The molecule has 0 unspecified atom stereocenters. The molecule has 0 spiro atoms. The number of amides is 1. The Bertz CT molecular complexity index is 1280. The van der Waals surface area contributed by atoms with Crippen molar-refractivity contribution >= 4 is 28.4 Å². The monoisotopic (exact) mass is 419 g/mol. The molecular weight excluding hydrogens is 397 g/mol. The van der Waals surface area contributed by atoms with Gasteiger partial charge in [-0.05, 0) is 47.4 Å². The number of anilines is 2. The second kappa shape index (κ2) is 8.16. The molecule has 4 aromatic rings. The lowest BCUT2D eigenvalue weighted by Gasteiger charge is -2.14. The lowest BCUT2D eigenvalue weighted by Crippen LogP contribution is -2.21. The first-order valence-corrected chi connectivity index (χ1v) is 9.82. The molecule has 2 aromatic carbocycles. The van der Waals surface area contributed by atoms with E-state index in [0.717, 1.165) is 33.8 Å². The van der Waals surface area contributed by atoms with Crippen molar-refractivity contribution in [2.24, 2.45) is 7.05 Å². The highest BCUT2D eigenvalue weighted by Crippen LogP contribution is 2.35. The van der Waals surface area contributed by atoms with Crippen LogP contribution in [0, 0.1) is 5.82 Å². The predicted octanol–water partition coefficient (Wildman–Crippen LogP) is 3.59. The standard InChI is InChI=1S/C23H22FN5O2/c1-3-13-10-16(28-23(31)20(30)14-5-4-6-15(24)9-14)7-8-17(13)18-11-29(2)22-19(18)21(25)26-12-27-22/h4-12,20,30H,3H2,1-2H3,(H,28,31)(H2,25,26,27)/t20-/m0/s1. The highest BCUT2D eigenvalue weighted by Gasteiger charge is 2.20. The maximum absolute atomic E-state index is 13.4. The van der Waals surface area contributed by atoms with Gasteiger partial charge >= 0.3 is 0 Å². The average molecular weight is 419 g/mol. The van der Waals surface area contributed by atoms with Crippen molar-refractivity contribution in [3.05, 3.63) is 71.9 Å². The second-order valence-electron chi connectivity index (χ2n) is 7.28. The van der Waals surface area contributed by atoms with Gasteiger partial charge in [0.2, 0.25) is 0 Å². The van der Waals surface area contributed by atoms with E-state index in [1.54, 1.807) is 6.07 Å². The fourth-order valence-corrected chi connectivity index (χ4v) is 3.70. The van der Waals surface area contributed by atoms with E-state index >= 15 is 0 Å². The summed E-state index contributed by atoms with van der Waals surface area (Å²) in [6.45, 7) is 2.01. The van der Waals surface area contributed by atoms with Gasteiger partial charge < -0.3 is 20.7 Å². The van der Waals surface area contributed by atoms with Crippen molar-refractivity contribution in [1.82, 2.24) is 14.5 Å². The topological polar surface area (TPSA) is 106 Å². The number of hydrogen-bond acceptors (Lipinski definition) is 5. The molecule has 4 rings (SSSR count). The number of nitrogens with one attached hydrogen (secondary N) is 1. The average Bonchev–Trinajstić information content (AvgIpc) is 3.10. The van der Waals surface area contributed by atoms with Crippen LogP contribution < -0.4 is 11.1 Å². The zero-order valence-electron chi connectivity index (χ0n) is 17.1. The van der Waals surface area contributed by atoms with Crippen LogP contribution in [0.15, 0.2) is 55.0 Å². The van der Waals surface area contributed by atoms with E-state index in [-0.39, 0.29) is 5.56 Å². The molecule has 7 nitrogen and oxygen atoms in total. The van der Waals surface area contributed by atoms with Crippen LogP contribution in [-0.2, 0) is 18.3 Å². The summed E-state index contributed by atoms with van der Waals surface area (Å²) in [5.41, 5.74) is 10.4. The summed E-state index contributed by atoms with van der Waals surface area (Å²) in [6.07, 6.45) is 2.62. The van der Waals surface area contributed by atoms with Gasteiger partial charge in [-0.25, -0.2) is 14.4 Å². The Kier molecular flexibility index (Phi) is 5.39. The van der Waals surface area contributed by atoms with Crippen molar-refractivity contribution in [2.75, 3.05) is 11.1 Å². The Labute approximate surface area is 178 Å². The molecule has 0 aliphatic heterocycles. The van der Waals surface area contributed by atoms with Crippen molar-refractivity contribution in [2.45, 2.75) is 19.4 Å². The van der Waals surface area contributed by atoms with E-state index in [0.29, 0.717) is 17.9 Å². The number of fused-ring (bicyclic) bond motifs is 1. The molecule has 2 heterocycles. The number of aromatic nitrogens is 3. The Balaban J connectivity index is 1.66. The van der Waals surface area contributed by atoms with Gasteiger partial charge in [0.05, 0.1) is 5.39 Å². The smallest absolute Gasteiger partial charge is 0.257 e. The van der Waals surface area contributed by atoms with Gasteiger partial charge in [0, 0.05) is 24.5 Å². The number of hydrogen-bond donors (Lipinski definition) is 3. The van der Waals surface area contributed by atoms with Crippen LogP contribution in [0.4, 0.5) is 15.9 Å². The van der Waals surface area contributed by atoms with Crippen molar-refractivity contribution < 1.29 is 14.3 Å². The second-order valence-corrected chi connectivity index (χ2v) is 7.28. The summed E-state index contributed by atoms with van der Waals surface area (Å²) in [5, 5.41) is 13.8. The van der Waals surface area contributed by atoms with E-state index in [2.05, 4.69) is 15.3 Å². The maximum atomic E-state index is 13.4. The van der Waals surface area contributed by atoms with Gasteiger partial charge in [-0.15, -0.1) is 0 Å². The van der Waals surface area contributed by atoms with Crippen molar-refractivity contribution in [3.8, 4) is 11.1 Å². The summed E-state index contributed by atoms with van der Waals surface area (Å²) in [7, 11) is 1.90. The minimum absolute atomic E-state index is 0.191. The van der Waals surface area contributed by atoms with Gasteiger partial charge in [0.15, 0.2) is 6.10 Å². The van der Waals surface area contributed by atoms with E-state index in [1.807, 2.05) is 36.9 Å². The quantitative estimate of drug-likeness (QED) is 0.458. The molecule has 0 fully saturated rings. The molecular formula is C23H22FN5O2. The number of halogens is 1. The van der Waals surface area contributed by atoms with E-state index in [9.17, 15) is 14.3 Å². The van der Waals surface area contributed by atoms with Crippen LogP contribution in [-0.4, -0.2) is 25.5 Å². The summed E-state index contributed by atoms with van der Waals surface area (Å²) < 4.78 is 15.3. The largest absolute Gasteiger partial charge is 0.383 e. The SMILES string of the molecule is CCc1cc(NC(=O)[C@@H](O)c2cccc(F)c2)ccc1-c1cn(C)c2ncnc(N)c12. The van der Waals surface area contributed by atoms with E-state index < -0.39 is 17.8 Å². The number of nitrogens with zero attached hydrogens (tertiary/aromatic N) is 3. The zero-order valence-corrected chi connectivity index (χ0v) is 17.1. The van der Waals surface area contributed by atoms with Gasteiger partial charge in [0.25, 0.3) is 5.91 Å². The Morgan fingerprint density at radius 2 is 2.03 bits per heavy atom. The highest BCUT2D eigenvalue weighted by atomic mass is 19.1. The van der Waals surface area contributed by atoms with Crippen LogP contribution in [0.2, 0.25) is 0 Å². The number of carbonyl (C=O) groups is 1. The number of rotatable bonds is 5. The number of nitrogens with two attached hydrogens (primary N) is 1. The van der Waals surface area contributed by atoms with Crippen LogP contribution in [0.1, 0.15) is 24.2 Å². The Hall–Kier alpha value is -3.78. The minimum Gasteiger partial charge on any atom is -0.383 e. The number of nitrogen functional groups attached to an aromatic ring is 1. The van der Waals surface area contributed by atoms with Gasteiger partial charge in [-0.3, -0.25) is 4.79 Å². The highest BCUT2D eigenvalue weighted by molar-refractivity contribution is 6.02. The van der Waals surface area contributed by atoms with Crippen LogP contribution in [0.25, 0.3) is 22.2 Å². The third kappa shape index (κ3) is 3.85. The minimum atomic E-state index is -1.48. The first kappa shape index (κ1) is 20.5. The molecule has 158 valence electrons. The van der Waals surface area contributed by atoms with Crippen LogP contribution in [0.5, 0.6) is 0 Å². The Morgan fingerprint density at radius 1 is 1.23 bits per heavy atom. The molecule has 0 saturated carbocycles. The third-order valence-corrected chi connectivity index (χ3v) is 5.24. The molecule has 31 heavy (non-hydrogen) atoms. The molecule has 0 saturated heterocycles. The van der Waals surface area contributed by atoms with Crippen LogP contribution in [0.3, 0.4) is 0 Å². The summed E-state index contributed by atoms with van der Waals surface area (Å²) in [5.74, 6) is -0.748. The van der Waals surface area contributed by atoms with Gasteiger partial charge in [-0.1, -0.05) is 25.1 Å². The molecule has 2 aromatic heterocycles. The molecule has 4 N–H and O–H groups in total. The fraction of sp³-hybridized carbons (Fsp3) is 0.174. The number of carbonyl (C=O) groups excluding carboxylic acids is 1. The predicted molar refractivity (Wildman–Crippen MR) is 118 cm³/mol. The molecule has 0 aliphatic carbocycles. The molecule has 8 heteroatoms. The zero-order chi connectivity index (χ0) is 22.1. The Morgan fingerprint density at radius 3 is 2.77 bits per heavy atom. The summed E-state index contributed by atoms with van der Waals surface area (Å²) in [6, 6.07) is 10.8. The van der Waals surface area contributed by atoms with Gasteiger partial charge in [-0.2, -0.15) is 0 Å². The van der Waals surface area contributed by atoms with E-state index in [4.69, 9.17) is 5.73 Å². The lowest BCUT2D eigenvalue weighted by atomic mass is 9.97. The molecule has 0 aliphatic rings. The van der Waals surface area contributed by atoms with E-state index in [1.165, 1.54) is 24.5 Å². The number of aliphatic hydroxyl groups is 1. The normalized spacial score (nSPS) is 12.1. The summed E-state index contributed by atoms with van der Waals surface area (Å²) in [4.78, 5) is 20.9. The number of benzene rings is 2.